The summed E-state index contributed by atoms with van der Waals surface area (Å²) in [7, 11) is 2.97. The van der Waals surface area contributed by atoms with Crippen LogP contribution < -0.4 is 14.4 Å². The van der Waals surface area contributed by atoms with E-state index in [2.05, 4.69) is 17.0 Å². The molecule has 5 heteroatoms. The molecule has 0 aliphatic carbocycles. The zero-order valence-corrected chi connectivity index (χ0v) is 15.1. The van der Waals surface area contributed by atoms with Gasteiger partial charge >= 0.3 is 0 Å². The van der Waals surface area contributed by atoms with Crippen molar-refractivity contribution in [3.8, 4) is 17.2 Å². The number of anilines is 1. The predicted octanol–water partition coefficient (Wildman–Crippen LogP) is 3.91. The van der Waals surface area contributed by atoms with Gasteiger partial charge in [0.25, 0.3) is 0 Å². The Morgan fingerprint density at radius 1 is 1.08 bits per heavy atom. The fraction of sp³-hybridized carbons (Fsp3) is 0.286. The number of allylic oxidation sites excluding steroid dienone is 1. The molecule has 1 N–H and O–H groups in total. The largest absolute Gasteiger partial charge is 0.507 e. The maximum atomic E-state index is 12.5. The number of rotatable bonds is 6. The van der Waals surface area contributed by atoms with Gasteiger partial charge in [-0.2, -0.15) is 0 Å². The third kappa shape index (κ3) is 3.82. The molecule has 1 fully saturated rings. The summed E-state index contributed by atoms with van der Waals surface area (Å²) in [5, 5.41) is 10.1. The first-order valence-electron chi connectivity index (χ1n) is 8.65. The molecular formula is C21H23NO4. The monoisotopic (exact) mass is 353 g/mol. The number of phenolic OH excluding ortho intramolecular Hbond substituents is 1. The number of benzene rings is 2. The highest BCUT2D eigenvalue weighted by molar-refractivity contribution is 6.09. The average molecular weight is 353 g/mol. The second-order valence-corrected chi connectivity index (χ2v) is 6.21. The number of carbonyl (C=O) groups excluding carboxylic acids is 1. The van der Waals surface area contributed by atoms with E-state index in [1.54, 1.807) is 6.08 Å². The standard InChI is InChI=1S/C21H23NO4/c1-25-20-13-17(19(24)14-21(20)26-2)18(23)9-8-15-6-5-7-16(12-15)22-10-3-4-11-22/h5-9,12-14,24H,3-4,10-11H2,1-2H3/b9-8+. The number of phenols is 1. The van der Waals surface area contributed by atoms with E-state index >= 15 is 0 Å². The SMILES string of the molecule is COc1cc(O)c(C(=O)/C=C/c2cccc(N3CCCC3)c2)cc1OC. The lowest BCUT2D eigenvalue weighted by Crippen LogP contribution is -2.17. The van der Waals surface area contributed by atoms with Gasteiger partial charge in [0.05, 0.1) is 19.8 Å². The maximum absolute atomic E-state index is 12.5. The van der Waals surface area contributed by atoms with Gasteiger partial charge in [0.1, 0.15) is 5.75 Å². The summed E-state index contributed by atoms with van der Waals surface area (Å²) >= 11 is 0. The molecule has 0 bridgehead atoms. The molecule has 0 saturated carbocycles. The van der Waals surface area contributed by atoms with Gasteiger partial charge in [-0.1, -0.05) is 18.2 Å². The Hall–Kier alpha value is -2.95. The molecule has 0 atom stereocenters. The fourth-order valence-electron chi connectivity index (χ4n) is 3.13. The Morgan fingerprint density at radius 3 is 2.46 bits per heavy atom. The van der Waals surface area contributed by atoms with Crippen molar-refractivity contribution in [2.24, 2.45) is 0 Å². The smallest absolute Gasteiger partial charge is 0.189 e. The lowest BCUT2D eigenvalue weighted by Gasteiger charge is -2.17. The molecule has 1 aliphatic rings. The molecule has 2 aromatic rings. The van der Waals surface area contributed by atoms with E-state index in [0.717, 1.165) is 18.7 Å². The summed E-state index contributed by atoms with van der Waals surface area (Å²) in [6, 6.07) is 11.0. The summed E-state index contributed by atoms with van der Waals surface area (Å²) < 4.78 is 10.3. The summed E-state index contributed by atoms with van der Waals surface area (Å²) in [5.74, 6) is 0.347. The van der Waals surface area contributed by atoms with Crippen LogP contribution in [0.25, 0.3) is 6.08 Å². The van der Waals surface area contributed by atoms with Crippen LogP contribution in [0.3, 0.4) is 0 Å². The number of hydrogen-bond donors (Lipinski definition) is 1. The highest BCUT2D eigenvalue weighted by Gasteiger charge is 2.15. The molecule has 3 rings (SSSR count). The van der Waals surface area contributed by atoms with Crippen LogP contribution in [0.5, 0.6) is 17.2 Å². The molecule has 0 aromatic heterocycles. The molecule has 2 aromatic carbocycles. The quantitative estimate of drug-likeness (QED) is 0.630. The molecule has 5 nitrogen and oxygen atoms in total. The van der Waals surface area contributed by atoms with Gasteiger partial charge in [-0.25, -0.2) is 0 Å². The van der Waals surface area contributed by atoms with Gasteiger partial charge in [0.2, 0.25) is 0 Å². The van der Waals surface area contributed by atoms with E-state index in [0.29, 0.717) is 11.5 Å². The van der Waals surface area contributed by atoms with Crippen LogP contribution in [0.2, 0.25) is 0 Å². The number of ketones is 1. The van der Waals surface area contributed by atoms with Crippen molar-refractivity contribution < 1.29 is 19.4 Å². The Balaban J connectivity index is 1.80. The predicted molar refractivity (Wildman–Crippen MR) is 102 cm³/mol. The first kappa shape index (κ1) is 17.9. The lowest BCUT2D eigenvalue weighted by atomic mass is 10.1. The highest BCUT2D eigenvalue weighted by Crippen LogP contribution is 2.34. The Kier molecular flexibility index (Phi) is 5.46. The van der Waals surface area contributed by atoms with Gasteiger partial charge < -0.3 is 19.5 Å². The van der Waals surface area contributed by atoms with E-state index in [4.69, 9.17) is 9.47 Å². The molecule has 0 spiro atoms. The third-order valence-electron chi connectivity index (χ3n) is 4.54. The van der Waals surface area contributed by atoms with Crippen LogP contribution >= 0.6 is 0 Å². The van der Waals surface area contributed by atoms with Gasteiger partial charge in [-0.3, -0.25) is 4.79 Å². The van der Waals surface area contributed by atoms with E-state index < -0.39 is 0 Å². The second-order valence-electron chi connectivity index (χ2n) is 6.21. The fourth-order valence-corrected chi connectivity index (χ4v) is 3.13. The van der Waals surface area contributed by atoms with Crippen LogP contribution in [0.1, 0.15) is 28.8 Å². The van der Waals surface area contributed by atoms with Crippen molar-refractivity contribution >= 4 is 17.5 Å². The van der Waals surface area contributed by atoms with Gasteiger partial charge in [0.15, 0.2) is 17.3 Å². The van der Waals surface area contributed by atoms with Crippen LogP contribution in [-0.2, 0) is 0 Å². The number of ether oxygens (including phenoxy) is 2. The second kappa shape index (κ2) is 7.95. The summed E-state index contributed by atoms with van der Waals surface area (Å²) in [6.07, 6.45) is 5.66. The van der Waals surface area contributed by atoms with E-state index in [9.17, 15) is 9.90 Å². The summed E-state index contributed by atoms with van der Waals surface area (Å²) in [4.78, 5) is 14.8. The van der Waals surface area contributed by atoms with Crippen LogP contribution in [-0.4, -0.2) is 38.2 Å². The first-order valence-corrected chi connectivity index (χ1v) is 8.65. The molecule has 0 unspecified atom stereocenters. The maximum Gasteiger partial charge on any atom is 0.189 e. The molecule has 1 saturated heterocycles. The molecule has 136 valence electrons. The molecule has 0 radical (unpaired) electrons. The number of carbonyl (C=O) groups is 1. The molecule has 0 amide bonds. The van der Waals surface area contributed by atoms with Crippen molar-refractivity contribution in [1.29, 1.82) is 0 Å². The van der Waals surface area contributed by atoms with E-state index in [1.807, 2.05) is 12.1 Å². The minimum Gasteiger partial charge on any atom is -0.507 e. The average Bonchev–Trinajstić information content (AvgIpc) is 3.21. The van der Waals surface area contributed by atoms with Crippen LogP contribution in [0.4, 0.5) is 5.69 Å². The zero-order valence-electron chi connectivity index (χ0n) is 15.1. The normalized spacial score (nSPS) is 14.0. The third-order valence-corrected chi connectivity index (χ3v) is 4.54. The van der Waals surface area contributed by atoms with Gasteiger partial charge in [0, 0.05) is 24.8 Å². The minimum atomic E-state index is -0.296. The van der Waals surface area contributed by atoms with Crippen molar-refractivity contribution in [3.05, 3.63) is 53.6 Å². The minimum absolute atomic E-state index is 0.136. The zero-order chi connectivity index (χ0) is 18.5. The highest BCUT2D eigenvalue weighted by atomic mass is 16.5. The summed E-state index contributed by atoms with van der Waals surface area (Å²) in [5.41, 5.74) is 2.29. The van der Waals surface area contributed by atoms with Gasteiger partial charge in [-0.15, -0.1) is 0 Å². The Morgan fingerprint density at radius 2 is 1.77 bits per heavy atom. The lowest BCUT2D eigenvalue weighted by molar-refractivity contribution is 0.104. The Bertz CT molecular complexity index is 823. The molecule has 1 aliphatic heterocycles. The molecule has 26 heavy (non-hydrogen) atoms. The van der Waals surface area contributed by atoms with Crippen LogP contribution in [0, 0.1) is 0 Å². The molecular weight excluding hydrogens is 330 g/mol. The molecule has 1 heterocycles. The van der Waals surface area contributed by atoms with E-state index in [-0.39, 0.29) is 17.1 Å². The van der Waals surface area contributed by atoms with Gasteiger partial charge in [-0.05, 0) is 42.7 Å². The number of nitrogens with zero attached hydrogens (tertiary/aromatic N) is 1. The topological polar surface area (TPSA) is 59.0 Å². The first-order chi connectivity index (χ1) is 12.6. The van der Waals surface area contributed by atoms with E-state index in [1.165, 1.54) is 51.0 Å². The summed E-state index contributed by atoms with van der Waals surface area (Å²) in [6.45, 7) is 2.15. The van der Waals surface area contributed by atoms with Crippen molar-refractivity contribution in [2.45, 2.75) is 12.8 Å². The van der Waals surface area contributed by atoms with Crippen molar-refractivity contribution in [3.63, 3.8) is 0 Å². The van der Waals surface area contributed by atoms with Crippen LogP contribution in [0.15, 0.2) is 42.5 Å². The van der Waals surface area contributed by atoms with Crippen molar-refractivity contribution in [2.75, 3.05) is 32.2 Å². The number of methoxy groups -OCH3 is 2. The number of aromatic hydroxyl groups is 1. The Labute approximate surface area is 153 Å². The van der Waals surface area contributed by atoms with Crippen molar-refractivity contribution in [1.82, 2.24) is 0 Å². The number of hydrogen-bond acceptors (Lipinski definition) is 5.